The summed E-state index contributed by atoms with van der Waals surface area (Å²) in [6.45, 7) is 5.69. The highest BCUT2D eigenvalue weighted by atomic mass is 19.1. The Morgan fingerprint density at radius 2 is 1.79 bits per heavy atom. The molecule has 1 aromatic heterocycles. The summed E-state index contributed by atoms with van der Waals surface area (Å²) in [7, 11) is 0. The maximum absolute atomic E-state index is 13.1. The first kappa shape index (κ1) is 16.2. The van der Waals surface area contributed by atoms with Crippen LogP contribution in [-0.2, 0) is 4.79 Å². The van der Waals surface area contributed by atoms with Gasteiger partial charge in [-0.3, -0.25) is 20.4 Å². The number of nitrogens with one attached hydrogen (secondary N) is 2. The van der Waals surface area contributed by atoms with Crippen LogP contribution in [0.4, 0.5) is 4.39 Å². The molecule has 3 rings (SSSR count). The summed E-state index contributed by atoms with van der Waals surface area (Å²) < 4.78 is 15.0. The van der Waals surface area contributed by atoms with E-state index in [-0.39, 0.29) is 23.5 Å². The second kappa shape index (κ2) is 6.11. The van der Waals surface area contributed by atoms with Gasteiger partial charge in [-0.05, 0) is 56.5 Å². The molecule has 1 saturated carbocycles. The van der Waals surface area contributed by atoms with Gasteiger partial charge in [-0.15, -0.1) is 0 Å². The SMILES string of the molecule is Cc1cc(C(=O)NNC(=O)[C@H]2C[C@H]2C)c(C)n1-c1ccc(F)cc1. The van der Waals surface area contributed by atoms with Crippen molar-refractivity contribution in [1.82, 2.24) is 15.4 Å². The van der Waals surface area contributed by atoms with Crippen LogP contribution in [-0.4, -0.2) is 16.4 Å². The molecule has 0 radical (unpaired) electrons. The fourth-order valence-electron chi connectivity index (χ4n) is 2.95. The lowest BCUT2D eigenvalue weighted by atomic mass is 10.2. The van der Waals surface area contributed by atoms with Gasteiger partial charge < -0.3 is 4.57 Å². The van der Waals surface area contributed by atoms with Crippen LogP contribution in [0.1, 0.15) is 35.1 Å². The van der Waals surface area contributed by atoms with Crippen LogP contribution >= 0.6 is 0 Å². The Balaban J connectivity index is 1.76. The summed E-state index contributed by atoms with van der Waals surface area (Å²) in [4.78, 5) is 24.1. The van der Waals surface area contributed by atoms with Gasteiger partial charge in [0.05, 0.1) is 5.56 Å². The Kier molecular flexibility index (Phi) is 4.13. The predicted molar refractivity (Wildman–Crippen MR) is 88.1 cm³/mol. The highest BCUT2D eigenvalue weighted by Crippen LogP contribution is 2.37. The van der Waals surface area contributed by atoms with Crippen LogP contribution in [0.15, 0.2) is 30.3 Å². The van der Waals surface area contributed by atoms with E-state index in [1.165, 1.54) is 12.1 Å². The van der Waals surface area contributed by atoms with Gasteiger partial charge in [0.1, 0.15) is 5.82 Å². The zero-order valence-corrected chi connectivity index (χ0v) is 13.9. The maximum atomic E-state index is 13.1. The third-order valence-corrected chi connectivity index (χ3v) is 4.51. The number of hydrogen-bond donors (Lipinski definition) is 2. The number of rotatable bonds is 3. The normalized spacial score (nSPS) is 19.0. The molecule has 1 aliphatic carbocycles. The van der Waals surface area contributed by atoms with Crippen molar-refractivity contribution in [1.29, 1.82) is 0 Å². The number of carbonyl (C=O) groups is 2. The fourth-order valence-corrected chi connectivity index (χ4v) is 2.95. The summed E-state index contributed by atoms with van der Waals surface area (Å²) in [5.74, 6) is -0.445. The number of hydrogen-bond acceptors (Lipinski definition) is 2. The van der Waals surface area contributed by atoms with Gasteiger partial charge in [-0.1, -0.05) is 6.92 Å². The third kappa shape index (κ3) is 3.04. The molecule has 1 aromatic carbocycles. The topological polar surface area (TPSA) is 63.1 Å². The molecule has 1 fully saturated rings. The summed E-state index contributed by atoms with van der Waals surface area (Å²) in [5.41, 5.74) is 7.78. The number of amides is 2. The van der Waals surface area contributed by atoms with Crippen molar-refractivity contribution in [2.45, 2.75) is 27.2 Å². The minimum atomic E-state index is -0.363. The van der Waals surface area contributed by atoms with Gasteiger partial charge in [-0.2, -0.15) is 0 Å². The molecule has 126 valence electrons. The maximum Gasteiger partial charge on any atom is 0.271 e. The molecule has 0 saturated heterocycles. The van der Waals surface area contributed by atoms with Crippen molar-refractivity contribution >= 4 is 11.8 Å². The Morgan fingerprint density at radius 1 is 1.17 bits per heavy atom. The van der Waals surface area contributed by atoms with Crippen molar-refractivity contribution in [2.24, 2.45) is 11.8 Å². The second-order valence-electron chi connectivity index (χ2n) is 6.36. The second-order valence-corrected chi connectivity index (χ2v) is 6.36. The molecule has 2 amide bonds. The third-order valence-electron chi connectivity index (χ3n) is 4.51. The van der Waals surface area contributed by atoms with E-state index in [4.69, 9.17) is 0 Å². The molecule has 0 spiro atoms. The van der Waals surface area contributed by atoms with Gasteiger partial charge in [0.2, 0.25) is 5.91 Å². The van der Waals surface area contributed by atoms with Gasteiger partial charge >= 0.3 is 0 Å². The van der Waals surface area contributed by atoms with Crippen molar-refractivity contribution in [3.05, 3.63) is 53.1 Å². The quantitative estimate of drug-likeness (QED) is 0.851. The number of aryl methyl sites for hydroxylation is 1. The average molecular weight is 329 g/mol. The van der Waals surface area contributed by atoms with E-state index >= 15 is 0 Å². The van der Waals surface area contributed by atoms with Crippen LogP contribution in [0.5, 0.6) is 0 Å². The predicted octanol–water partition coefficient (Wildman–Crippen LogP) is 2.65. The molecule has 6 heteroatoms. The van der Waals surface area contributed by atoms with Crippen LogP contribution in [0.25, 0.3) is 5.69 Å². The van der Waals surface area contributed by atoms with E-state index < -0.39 is 0 Å². The Hall–Kier alpha value is -2.63. The molecule has 24 heavy (non-hydrogen) atoms. The molecule has 1 aliphatic rings. The number of hydrazine groups is 1. The minimum absolute atomic E-state index is 0.00283. The van der Waals surface area contributed by atoms with Gasteiger partial charge in [-0.25, -0.2) is 4.39 Å². The first-order valence-corrected chi connectivity index (χ1v) is 7.93. The minimum Gasteiger partial charge on any atom is -0.318 e. The molecule has 0 aliphatic heterocycles. The zero-order valence-electron chi connectivity index (χ0n) is 13.9. The average Bonchev–Trinajstić information content (AvgIpc) is 3.21. The summed E-state index contributed by atoms with van der Waals surface area (Å²) in [6.07, 6.45) is 0.862. The van der Waals surface area contributed by atoms with Crippen LogP contribution in [0.3, 0.4) is 0 Å². The van der Waals surface area contributed by atoms with Gasteiger partial charge in [0.25, 0.3) is 5.91 Å². The molecular formula is C18H20FN3O2. The highest BCUT2D eigenvalue weighted by molar-refractivity contribution is 5.97. The van der Waals surface area contributed by atoms with E-state index in [2.05, 4.69) is 10.9 Å². The van der Waals surface area contributed by atoms with Crippen LogP contribution in [0, 0.1) is 31.5 Å². The molecule has 1 heterocycles. The summed E-state index contributed by atoms with van der Waals surface area (Å²) >= 11 is 0. The van der Waals surface area contributed by atoms with E-state index in [0.717, 1.165) is 23.5 Å². The van der Waals surface area contributed by atoms with E-state index in [1.54, 1.807) is 18.2 Å². The molecular weight excluding hydrogens is 309 g/mol. The highest BCUT2D eigenvalue weighted by Gasteiger charge is 2.39. The van der Waals surface area contributed by atoms with Crippen molar-refractivity contribution < 1.29 is 14.0 Å². The smallest absolute Gasteiger partial charge is 0.271 e. The lowest BCUT2D eigenvalue weighted by molar-refractivity contribution is -0.123. The zero-order chi connectivity index (χ0) is 17.4. The van der Waals surface area contributed by atoms with Crippen molar-refractivity contribution in [3.63, 3.8) is 0 Å². The van der Waals surface area contributed by atoms with Crippen molar-refractivity contribution in [3.8, 4) is 5.69 Å². The molecule has 0 bridgehead atoms. The lowest BCUT2D eigenvalue weighted by Crippen LogP contribution is -2.42. The van der Waals surface area contributed by atoms with Crippen LogP contribution < -0.4 is 10.9 Å². The monoisotopic (exact) mass is 329 g/mol. The van der Waals surface area contributed by atoms with E-state index in [9.17, 15) is 14.0 Å². The van der Waals surface area contributed by atoms with Gasteiger partial charge in [0, 0.05) is 23.0 Å². The molecule has 0 unspecified atom stereocenters. The number of halogens is 1. The molecule has 5 nitrogen and oxygen atoms in total. The number of nitrogens with zero attached hydrogens (tertiary/aromatic N) is 1. The Labute approximate surface area is 139 Å². The molecule has 2 atom stereocenters. The molecule has 2 N–H and O–H groups in total. The summed E-state index contributed by atoms with van der Waals surface area (Å²) in [5, 5.41) is 0. The van der Waals surface area contributed by atoms with Crippen molar-refractivity contribution in [2.75, 3.05) is 0 Å². The number of aromatic nitrogens is 1. The molecule has 2 aromatic rings. The largest absolute Gasteiger partial charge is 0.318 e. The number of carbonyl (C=O) groups excluding carboxylic acids is 2. The first-order valence-electron chi connectivity index (χ1n) is 7.93. The lowest BCUT2D eigenvalue weighted by Gasteiger charge is -2.10. The Bertz CT molecular complexity index is 795. The van der Waals surface area contributed by atoms with Crippen LogP contribution in [0.2, 0.25) is 0 Å². The first-order chi connectivity index (χ1) is 11.4. The number of benzene rings is 1. The standard InChI is InChI=1S/C18H20FN3O2/c1-10-8-15(10)17(23)20-21-18(24)16-9-11(2)22(12(16)3)14-6-4-13(19)5-7-14/h4-7,9-10,15H,8H2,1-3H3,(H,20,23)(H,21,24)/t10-,15+/m1/s1. The Morgan fingerprint density at radius 3 is 2.38 bits per heavy atom. The fraction of sp³-hybridized carbons (Fsp3) is 0.333. The van der Waals surface area contributed by atoms with E-state index in [1.807, 2.05) is 25.3 Å². The summed E-state index contributed by atoms with van der Waals surface area (Å²) in [6, 6.07) is 7.83. The van der Waals surface area contributed by atoms with E-state index in [0.29, 0.717) is 11.5 Å². The van der Waals surface area contributed by atoms with Gasteiger partial charge in [0.15, 0.2) is 0 Å².